The molecule has 1 aliphatic rings. The number of aldehydes is 1. The number of rotatable bonds is 3. The molecule has 1 aliphatic heterocycles. The second-order valence-electron chi connectivity index (χ2n) is 3.43. The Balaban J connectivity index is 2.12. The molecule has 2 atom stereocenters. The Morgan fingerprint density at radius 3 is 3.14 bits per heavy atom. The van der Waals surface area contributed by atoms with Gasteiger partial charge in [-0.1, -0.05) is 0 Å². The van der Waals surface area contributed by atoms with E-state index in [2.05, 4.69) is 0 Å². The average Bonchev–Trinajstić information content (AvgIpc) is 2.85. The van der Waals surface area contributed by atoms with Gasteiger partial charge in [0.1, 0.15) is 6.23 Å². The third-order valence-corrected chi connectivity index (χ3v) is 2.53. The van der Waals surface area contributed by atoms with Crippen LogP contribution in [0.3, 0.4) is 0 Å². The summed E-state index contributed by atoms with van der Waals surface area (Å²) in [6.07, 6.45) is 4.16. The van der Waals surface area contributed by atoms with Crippen molar-refractivity contribution in [2.24, 2.45) is 0 Å². The molecular weight excluding hydrogens is 182 g/mol. The topological polar surface area (TPSA) is 51.5 Å². The van der Waals surface area contributed by atoms with Gasteiger partial charge in [0.05, 0.1) is 18.4 Å². The zero-order valence-electron chi connectivity index (χ0n) is 7.80. The summed E-state index contributed by atoms with van der Waals surface area (Å²) in [6, 6.07) is 3.57. The van der Waals surface area contributed by atoms with Crippen molar-refractivity contribution >= 4 is 6.29 Å². The van der Waals surface area contributed by atoms with Crippen molar-refractivity contribution in [2.75, 3.05) is 6.61 Å². The van der Waals surface area contributed by atoms with Crippen LogP contribution >= 0.6 is 0 Å². The highest BCUT2D eigenvalue weighted by molar-refractivity contribution is 5.72. The van der Waals surface area contributed by atoms with Crippen LogP contribution in [0, 0.1) is 0 Å². The molecule has 0 amide bonds. The molecule has 2 heterocycles. The van der Waals surface area contributed by atoms with Crippen molar-refractivity contribution in [3.05, 3.63) is 24.0 Å². The van der Waals surface area contributed by atoms with Crippen molar-refractivity contribution in [2.45, 2.75) is 25.2 Å². The minimum atomic E-state index is -0.0950. The lowest BCUT2D eigenvalue weighted by molar-refractivity contribution is -0.0227. The first-order valence-electron chi connectivity index (χ1n) is 4.73. The van der Waals surface area contributed by atoms with Crippen LogP contribution in [-0.2, 0) is 4.74 Å². The Morgan fingerprint density at radius 1 is 1.64 bits per heavy atom. The summed E-state index contributed by atoms with van der Waals surface area (Å²) in [4.78, 5) is 10.7. The summed E-state index contributed by atoms with van der Waals surface area (Å²) < 4.78 is 7.36. The Kier molecular flexibility index (Phi) is 2.65. The first kappa shape index (κ1) is 9.43. The van der Waals surface area contributed by atoms with Crippen molar-refractivity contribution in [3.63, 3.8) is 0 Å². The lowest BCUT2D eigenvalue weighted by Gasteiger charge is -2.15. The van der Waals surface area contributed by atoms with E-state index in [4.69, 9.17) is 9.84 Å². The molecule has 1 N–H and O–H groups in total. The van der Waals surface area contributed by atoms with E-state index >= 15 is 0 Å². The Labute approximate surface area is 82.1 Å². The van der Waals surface area contributed by atoms with Gasteiger partial charge >= 0.3 is 0 Å². The van der Waals surface area contributed by atoms with Crippen LogP contribution < -0.4 is 0 Å². The van der Waals surface area contributed by atoms with E-state index in [-0.39, 0.29) is 18.9 Å². The monoisotopic (exact) mass is 195 g/mol. The predicted octanol–water partition coefficient (Wildman–Crippen LogP) is 0.970. The molecule has 4 heteroatoms. The molecule has 0 unspecified atom stereocenters. The normalized spacial score (nSPS) is 26.6. The van der Waals surface area contributed by atoms with Gasteiger partial charge in [-0.2, -0.15) is 0 Å². The van der Waals surface area contributed by atoms with Crippen molar-refractivity contribution in [3.8, 4) is 0 Å². The molecule has 0 radical (unpaired) electrons. The summed E-state index contributed by atoms with van der Waals surface area (Å²) in [5.41, 5.74) is 0.619. The molecule has 1 saturated heterocycles. The molecule has 1 fully saturated rings. The molecule has 1 aromatic rings. The second-order valence-corrected chi connectivity index (χ2v) is 3.43. The fourth-order valence-corrected chi connectivity index (χ4v) is 1.79. The van der Waals surface area contributed by atoms with Crippen molar-refractivity contribution < 1.29 is 14.6 Å². The van der Waals surface area contributed by atoms with Gasteiger partial charge in [-0.15, -0.1) is 0 Å². The minimum absolute atomic E-state index is 0.0498. The fraction of sp³-hybridized carbons (Fsp3) is 0.500. The number of nitrogens with zero attached hydrogens (tertiary/aromatic N) is 1. The number of ether oxygens (including phenoxy) is 1. The first-order chi connectivity index (χ1) is 6.85. The number of hydrogen-bond donors (Lipinski definition) is 1. The van der Waals surface area contributed by atoms with Crippen LogP contribution in [0.25, 0.3) is 0 Å². The average molecular weight is 195 g/mol. The minimum Gasteiger partial charge on any atom is -0.394 e. The van der Waals surface area contributed by atoms with Crippen LogP contribution in [0.1, 0.15) is 29.6 Å². The Hall–Kier alpha value is -1.13. The maximum Gasteiger partial charge on any atom is 0.166 e. The van der Waals surface area contributed by atoms with Crippen LogP contribution in [0.2, 0.25) is 0 Å². The van der Waals surface area contributed by atoms with Gasteiger partial charge in [-0.05, 0) is 25.0 Å². The molecule has 76 valence electrons. The van der Waals surface area contributed by atoms with E-state index in [9.17, 15) is 4.79 Å². The van der Waals surface area contributed by atoms with E-state index in [0.717, 1.165) is 19.1 Å². The number of carbonyl (C=O) groups excluding carboxylic acids is 1. The van der Waals surface area contributed by atoms with Gasteiger partial charge in [0.25, 0.3) is 0 Å². The van der Waals surface area contributed by atoms with E-state index in [1.165, 1.54) is 0 Å². The summed E-state index contributed by atoms with van der Waals surface area (Å²) in [5, 5.41) is 8.90. The van der Waals surface area contributed by atoms with Gasteiger partial charge in [0.2, 0.25) is 0 Å². The highest BCUT2D eigenvalue weighted by atomic mass is 16.5. The second kappa shape index (κ2) is 3.94. The third kappa shape index (κ3) is 1.58. The number of aliphatic hydroxyl groups is 1. The quantitative estimate of drug-likeness (QED) is 0.731. The van der Waals surface area contributed by atoms with Gasteiger partial charge in [-0.25, -0.2) is 0 Å². The maximum atomic E-state index is 10.7. The first-order valence-corrected chi connectivity index (χ1v) is 4.73. The molecule has 14 heavy (non-hydrogen) atoms. The molecular formula is C10H13NO3. The zero-order valence-corrected chi connectivity index (χ0v) is 7.80. The number of aromatic nitrogens is 1. The van der Waals surface area contributed by atoms with E-state index in [1.807, 2.05) is 16.8 Å². The van der Waals surface area contributed by atoms with Crippen molar-refractivity contribution in [1.82, 2.24) is 4.57 Å². The van der Waals surface area contributed by atoms with Crippen LogP contribution in [0.5, 0.6) is 0 Å². The maximum absolute atomic E-state index is 10.7. The molecule has 1 aromatic heterocycles. The van der Waals surface area contributed by atoms with Crippen LogP contribution in [0.4, 0.5) is 0 Å². The van der Waals surface area contributed by atoms with Gasteiger partial charge < -0.3 is 14.4 Å². The van der Waals surface area contributed by atoms with E-state index < -0.39 is 0 Å². The highest BCUT2D eigenvalue weighted by Crippen LogP contribution is 2.28. The summed E-state index contributed by atoms with van der Waals surface area (Å²) >= 11 is 0. The van der Waals surface area contributed by atoms with Gasteiger partial charge in [0, 0.05) is 6.20 Å². The molecule has 0 bridgehead atoms. The third-order valence-electron chi connectivity index (χ3n) is 2.53. The summed E-state index contributed by atoms with van der Waals surface area (Å²) in [7, 11) is 0. The Bertz CT molecular complexity index is 321. The highest BCUT2D eigenvalue weighted by Gasteiger charge is 2.26. The van der Waals surface area contributed by atoms with Gasteiger partial charge in [-0.3, -0.25) is 4.79 Å². The summed E-state index contributed by atoms with van der Waals surface area (Å²) in [6.45, 7) is 0.0498. The largest absolute Gasteiger partial charge is 0.394 e. The molecule has 2 rings (SSSR count). The SMILES string of the molecule is O=Cc1cccn1[C@H]1CC[C@@H](CO)O1. The number of hydrogen-bond acceptors (Lipinski definition) is 3. The molecule has 4 nitrogen and oxygen atoms in total. The van der Waals surface area contributed by atoms with Crippen LogP contribution in [-0.4, -0.2) is 28.7 Å². The number of aliphatic hydroxyl groups excluding tert-OH is 1. The predicted molar refractivity (Wildman–Crippen MR) is 50.0 cm³/mol. The van der Waals surface area contributed by atoms with E-state index in [0.29, 0.717) is 5.69 Å². The zero-order chi connectivity index (χ0) is 9.97. The smallest absolute Gasteiger partial charge is 0.166 e. The Morgan fingerprint density at radius 2 is 2.50 bits per heavy atom. The summed E-state index contributed by atoms with van der Waals surface area (Å²) in [5.74, 6) is 0. The lowest BCUT2D eigenvalue weighted by atomic mass is 10.2. The molecule has 0 aliphatic carbocycles. The van der Waals surface area contributed by atoms with E-state index in [1.54, 1.807) is 6.07 Å². The van der Waals surface area contributed by atoms with Crippen LogP contribution in [0.15, 0.2) is 18.3 Å². The number of carbonyl (C=O) groups is 1. The standard InChI is InChI=1S/C10H13NO3/c12-6-8-2-1-5-11(8)10-4-3-9(7-13)14-10/h1-2,5-6,9-10,13H,3-4,7H2/t9-,10+/m0/s1. The van der Waals surface area contributed by atoms with Crippen molar-refractivity contribution in [1.29, 1.82) is 0 Å². The molecule has 0 aromatic carbocycles. The lowest BCUT2D eigenvalue weighted by Crippen LogP contribution is -2.15. The fourth-order valence-electron chi connectivity index (χ4n) is 1.79. The molecule has 0 saturated carbocycles. The molecule has 0 spiro atoms. The van der Waals surface area contributed by atoms with Gasteiger partial charge in [0.15, 0.2) is 6.29 Å².